The molecule has 0 atom stereocenters. The normalized spacial score (nSPS) is 14.1. The van der Waals surface area contributed by atoms with Crippen LogP contribution in [-0.4, -0.2) is 14.8 Å². The molecule has 2 aromatic carbocycles. The van der Waals surface area contributed by atoms with Gasteiger partial charge in [-0.15, -0.1) is 0 Å². The molecule has 4 aromatic rings. The molecular formula is C24H22ClN3. The summed E-state index contributed by atoms with van der Waals surface area (Å²) in [4.78, 5) is 5.17. The summed E-state index contributed by atoms with van der Waals surface area (Å²) >= 11 is 6.59. The van der Waals surface area contributed by atoms with E-state index in [2.05, 4.69) is 25.1 Å². The van der Waals surface area contributed by atoms with Crippen LogP contribution in [0.25, 0.3) is 28.0 Å². The highest BCUT2D eigenvalue weighted by Gasteiger charge is 2.23. The van der Waals surface area contributed by atoms with Gasteiger partial charge in [0.2, 0.25) is 0 Å². The lowest BCUT2D eigenvalue weighted by molar-refractivity contribution is 0.712. The van der Waals surface area contributed by atoms with Crippen molar-refractivity contribution >= 4 is 22.6 Å². The summed E-state index contributed by atoms with van der Waals surface area (Å²) in [5.41, 5.74) is 7.82. The molecule has 0 radical (unpaired) electrons. The molecule has 0 fully saturated rings. The van der Waals surface area contributed by atoms with Gasteiger partial charge in [-0.2, -0.15) is 5.10 Å². The first-order valence-electron chi connectivity index (χ1n) is 9.95. The van der Waals surface area contributed by atoms with E-state index in [-0.39, 0.29) is 0 Å². The fourth-order valence-corrected chi connectivity index (χ4v) is 4.61. The van der Waals surface area contributed by atoms with Gasteiger partial charge in [-0.25, -0.2) is 9.67 Å². The molecule has 3 nitrogen and oxygen atoms in total. The number of hydrogen-bond donors (Lipinski definition) is 0. The van der Waals surface area contributed by atoms with Gasteiger partial charge >= 0.3 is 0 Å². The Labute approximate surface area is 170 Å². The SMILES string of the molecule is Cc1nn(-c2ccccc2)c2nc(-c3ccccc3Cl)c3c(c12)CCCCC3. The summed E-state index contributed by atoms with van der Waals surface area (Å²) in [5, 5.41) is 6.85. The van der Waals surface area contributed by atoms with Crippen LogP contribution in [0.4, 0.5) is 0 Å². The van der Waals surface area contributed by atoms with Crippen molar-refractivity contribution in [1.82, 2.24) is 14.8 Å². The monoisotopic (exact) mass is 387 g/mol. The molecule has 1 aliphatic carbocycles. The molecular weight excluding hydrogens is 366 g/mol. The molecule has 0 unspecified atom stereocenters. The van der Waals surface area contributed by atoms with E-state index in [0.717, 1.165) is 46.2 Å². The number of aromatic nitrogens is 3. The van der Waals surface area contributed by atoms with Crippen molar-refractivity contribution in [2.75, 3.05) is 0 Å². The van der Waals surface area contributed by atoms with Crippen LogP contribution in [0.2, 0.25) is 5.02 Å². The summed E-state index contributed by atoms with van der Waals surface area (Å²) in [5.74, 6) is 0. The number of benzene rings is 2. The van der Waals surface area contributed by atoms with Crippen molar-refractivity contribution in [2.45, 2.75) is 39.0 Å². The Bertz CT molecular complexity index is 1160. The topological polar surface area (TPSA) is 30.7 Å². The fraction of sp³-hybridized carbons (Fsp3) is 0.250. The van der Waals surface area contributed by atoms with Crippen molar-refractivity contribution in [3.63, 3.8) is 0 Å². The molecule has 4 heteroatoms. The average Bonchev–Trinajstić information content (AvgIpc) is 2.89. The standard InChI is InChI=1S/C24H22ClN3/c1-16-22-18-12-6-3-7-13-19(18)23(20-14-8-9-15-21(20)25)26-24(22)28(27-16)17-10-4-2-5-11-17/h2,4-5,8-11,14-15H,3,6-7,12-13H2,1H3. The quantitative estimate of drug-likeness (QED) is 0.377. The van der Waals surface area contributed by atoms with Gasteiger partial charge in [0.15, 0.2) is 5.65 Å². The van der Waals surface area contributed by atoms with Crippen LogP contribution in [0.3, 0.4) is 0 Å². The van der Waals surface area contributed by atoms with Gasteiger partial charge in [0, 0.05) is 16.0 Å². The molecule has 140 valence electrons. The first-order valence-corrected chi connectivity index (χ1v) is 10.3. The number of aryl methyl sites for hydroxylation is 2. The van der Waals surface area contributed by atoms with Crippen LogP contribution in [0.5, 0.6) is 0 Å². The smallest absolute Gasteiger partial charge is 0.164 e. The fourth-order valence-electron chi connectivity index (χ4n) is 4.39. The molecule has 0 spiro atoms. The lowest BCUT2D eigenvalue weighted by atomic mass is 9.94. The number of rotatable bonds is 2. The van der Waals surface area contributed by atoms with Crippen LogP contribution >= 0.6 is 11.6 Å². The van der Waals surface area contributed by atoms with Crippen molar-refractivity contribution in [3.8, 4) is 16.9 Å². The number of para-hydroxylation sites is 1. The van der Waals surface area contributed by atoms with E-state index in [9.17, 15) is 0 Å². The van der Waals surface area contributed by atoms with Gasteiger partial charge in [0.05, 0.1) is 17.1 Å². The van der Waals surface area contributed by atoms with Crippen LogP contribution in [0.15, 0.2) is 54.6 Å². The molecule has 1 aliphatic rings. The molecule has 0 bridgehead atoms. The highest BCUT2D eigenvalue weighted by Crippen LogP contribution is 2.38. The van der Waals surface area contributed by atoms with E-state index < -0.39 is 0 Å². The number of halogens is 1. The van der Waals surface area contributed by atoms with Crippen LogP contribution in [0.1, 0.15) is 36.1 Å². The molecule has 5 rings (SSSR count). The van der Waals surface area contributed by atoms with Crippen molar-refractivity contribution in [2.24, 2.45) is 0 Å². The summed E-state index contributed by atoms with van der Waals surface area (Å²) < 4.78 is 1.98. The second kappa shape index (κ2) is 7.06. The van der Waals surface area contributed by atoms with E-state index >= 15 is 0 Å². The zero-order valence-corrected chi connectivity index (χ0v) is 16.7. The number of pyridine rings is 1. The van der Waals surface area contributed by atoms with E-state index in [1.807, 2.05) is 41.1 Å². The van der Waals surface area contributed by atoms with Gasteiger partial charge in [-0.05, 0) is 61.9 Å². The minimum absolute atomic E-state index is 0.753. The van der Waals surface area contributed by atoms with E-state index in [4.69, 9.17) is 21.7 Å². The molecule has 28 heavy (non-hydrogen) atoms. The Morgan fingerprint density at radius 3 is 2.36 bits per heavy atom. The molecule has 2 aromatic heterocycles. The van der Waals surface area contributed by atoms with Gasteiger partial charge in [0.25, 0.3) is 0 Å². The predicted molar refractivity (Wildman–Crippen MR) is 115 cm³/mol. The second-order valence-corrected chi connectivity index (χ2v) is 7.90. The van der Waals surface area contributed by atoms with Crippen molar-refractivity contribution in [1.29, 1.82) is 0 Å². The Morgan fingerprint density at radius 1 is 0.857 bits per heavy atom. The third-order valence-electron chi connectivity index (χ3n) is 5.69. The van der Waals surface area contributed by atoms with Crippen LogP contribution in [0, 0.1) is 6.92 Å². The van der Waals surface area contributed by atoms with Gasteiger partial charge < -0.3 is 0 Å². The minimum Gasteiger partial charge on any atom is -0.228 e. The lowest BCUT2D eigenvalue weighted by Crippen LogP contribution is -2.03. The summed E-state index contributed by atoms with van der Waals surface area (Å²) in [6.07, 6.45) is 5.79. The van der Waals surface area contributed by atoms with Crippen molar-refractivity contribution in [3.05, 3.63) is 76.4 Å². The molecule has 0 N–H and O–H groups in total. The van der Waals surface area contributed by atoms with Crippen LogP contribution < -0.4 is 0 Å². The summed E-state index contributed by atoms with van der Waals surface area (Å²) in [6.45, 7) is 2.10. The van der Waals surface area contributed by atoms with E-state index in [1.165, 1.54) is 35.8 Å². The highest BCUT2D eigenvalue weighted by atomic mass is 35.5. The molecule has 0 saturated carbocycles. The number of hydrogen-bond acceptors (Lipinski definition) is 2. The Hall–Kier alpha value is -2.65. The summed E-state index contributed by atoms with van der Waals surface area (Å²) in [6, 6.07) is 18.3. The Morgan fingerprint density at radius 2 is 1.57 bits per heavy atom. The van der Waals surface area contributed by atoms with Crippen LogP contribution in [-0.2, 0) is 12.8 Å². The first kappa shape index (κ1) is 17.4. The zero-order chi connectivity index (χ0) is 19.1. The van der Waals surface area contributed by atoms with Gasteiger partial charge in [0.1, 0.15) is 0 Å². The Kier molecular flexibility index (Phi) is 4.40. The second-order valence-electron chi connectivity index (χ2n) is 7.49. The third-order valence-corrected chi connectivity index (χ3v) is 6.02. The van der Waals surface area contributed by atoms with E-state index in [0.29, 0.717) is 0 Å². The zero-order valence-electron chi connectivity index (χ0n) is 16.0. The van der Waals surface area contributed by atoms with Crippen molar-refractivity contribution < 1.29 is 0 Å². The largest absolute Gasteiger partial charge is 0.228 e. The Balaban J connectivity index is 1.88. The maximum Gasteiger partial charge on any atom is 0.164 e. The maximum atomic E-state index is 6.59. The first-order chi connectivity index (χ1) is 13.7. The molecule has 0 aliphatic heterocycles. The lowest BCUT2D eigenvalue weighted by Gasteiger charge is -2.15. The van der Waals surface area contributed by atoms with E-state index in [1.54, 1.807) is 0 Å². The highest BCUT2D eigenvalue weighted by molar-refractivity contribution is 6.33. The minimum atomic E-state index is 0.753. The van der Waals surface area contributed by atoms with Gasteiger partial charge in [-0.1, -0.05) is 54.4 Å². The molecule has 0 saturated heterocycles. The molecule has 2 heterocycles. The number of fused-ring (bicyclic) bond motifs is 3. The number of nitrogens with zero attached hydrogens (tertiary/aromatic N) is 3. The third kappa shape index (κ3) is 2.82. The average molecular weight is 388 g/mol. The maximum absolute atomic E-state index is 6.59. The predicted octanol–water partition coefficient (Wildman–Crippen LogP) is 6.32. The molecule has 0 amide bonds. The van der Waals surface area contributed by atoms with Gasteiger partial charge in [-0.3, -0.25) is 0 Å². The summed E-state index contributed by atoms with van der Waals surface area (Å²) in [7, 11) is 0.